The normalized spacial score (nSPS) is 21.1. The number of hydrogen-bond acceptors (Lipinski definition) is 3. The minimum absolute atomic E-state index is 0.0260. The van der Waals surface area contributed by atoms with Crippen molar-refractivity contribution in [3.63, 3.8) is 0 Å². The van der Waals surface area contributed by atoms with Crippen molar-refractivity contribution < 1.29 is 14.0 Å². The highest BCUT2D eigenvalue weighted by Crippen LogP contribution is 2.47. The summed E-state index contributed by atoms with van der Waals surface area (Å²) in [5.74, 6) is 0.984. The Morgan fingerprint density at radius 1 is 1.26 bits per heavy atom. The lowest BCUT2D eigenvalue weighted by molar-refractivity contribution is -0.136. The molecular formula is C15H15NO3. The first kappa shape index (κ1) is 12.0. The summed E-state index contributed by atoms with van der Waals surface area (Å²) >= 11 is 0. The fourth-order valence-corrected chi connectivity index (χ4v) is 2.14. The molecule has 1 heterocycles. The fraction of sp³-hybridized carbons (Fsp3) is 0.267. The number of hydrogen-bond donors (Lipinski definition) is 1. The van der Waals surface area contributed by atoms with Gasteiger partial charge >= 0.3 is 0 Å². The molecule has 0 bridgehead atoms. The molecule has 1 saturated carbocycles. The molecule has 1 aliphatic carbocycles. The lowest BCUT2D eigenvalue weighted by Gasteiger charge is -2.05. The molecule has 0 spiro atoms. The molecule has 2 unspecified atom stereocenters. The van der Waals surface area contributed by atoms with Crippen molar-refractivity contribution in [2.75, 3.05) is 0 Å². The van der Waals surface area contributed by atoms with Gasteiger partial charge in [0.25, 0.3) is 0 Å². The molecule has 1 amide bonds. The Balaban J connectivity index is 1.43. The SMILES string of the molecule is O=C(NOCc1ccccc1)C1CC1c1ccco1. The van der Waals surface area contributed by atoms with Crippen molar-refractivity contribution in [3.8, 4) is 0 Å². The van der Waals surface area contributed by atoms with Gasteiger partial charge in [-0.25, -0.2) is 5.48 Å². The Labute approximate surface area is 111 Å². The number of amides is 1. The molecule has 3 rings (SSSR count). The molecule has 19 heavy (non-hydrogen) atoms. The number of benzene rings is 1. The molecule has 1 fully saturated rings. The van der Waals surface area contributed by atoms with E-state index in [-0.39, 0.29) is 17.7 Å². The molecule has 0 aliphatic heterocycles. The van der Waals surface area contributed by atoms with Crippen LogP contribution in [0.4, 0.5) is 0 Å². The molecule has 1 N–H and O–H groups in total. The number of nitrogens with one attached hydrogen (secondary N) is 1. The maximum atomic E-state index is 11.8. The third-order valence-corrected chi connectivity index (χ3v) is 3.29. The summed E-state index contributed by atoms with van der Waals surface area (Å²) in [6.45, 7) is 0.380. The third kappa shape index (κ3) is 2.85. The van der Waals surface area contributed by atoms with Crippen molar-refractivity contribution in [3.05, 3.63) is 60.1 Å². The van der Waals surface area contributed by atoms with Crippen molar-refractivity contribution in [2.24, 2.45) is 5.92 Å². The molecule has 2 aromatic rings. The van der Waals surface area contributed by atoms with Crippen molar-refractivity contribution in [1.82, 2.24) is 5.48 Å². The van der Waals surface area contributed by atoms with Gasteiger partial charge in [0, 0.05) is 5.92 Å². The van der Waals surface area contributed by atoms with Gasteiger partial charge in [-0.15, -0.1) is 0 Å². The maximum absolute atomic E-state index is 11.8. The largest absolute Gasteiger partial charge is 0.469 e. The number of hydroxylamine groups is 1. The standard InChI is InChI=1S/C15H15NO3/c17-15(13-9-12(13)14-7-4-8-18-14)16-19-10-11-5-2-1-3-6-11/h1-8,12-13H,9-10H2,(H,16,17). The van der Waals surface area contributed by atoms with Crippen molar-refractivity contribution in [1.29, 1.82) is 0 Å². The van der Waals surface area contributed by atoms with Gasteiger partial charge < -0.3 is 4.42 Å². The summed E-state index contributed by atoms with van der Waals surface area (Å²) < 4.78 is 5.29. The van der Waals surface area contributed by atoms with Crippen LogP contribution in [0.25, 0.3) is 0 Å². The Hall–Kier alpha value is -2.07. The van der Waals surface area contributed by atoms with E-state index in [9.17, 15) is 4.79 Å². The van der Waals surface area contributed by atoms with E-state index in [1.807, 2.05) is 42.5 Å². The molecule has 1 aromatic heterocycles. The van der Waals surface area contributed by atoms with Gasteiger partial charge in [-0.1, -0.05) is 30.3 Å². The van der Waals surface area contributed by atoms with Crippen LogP contribution in [-0.4, -0.2) is 5.91 Å². The molecule has 0 saturated heterocycles. The van der Waals surface area contributed by atoms with Gasteiger partial charge in [-0.2, -0.15) is 0 Å². The minimum atomic E-state index is -0.0719. The van der Waals surface area contributed by atoms with E-state index in [1.54, 1.807) is 6.26 Å². The van der Waals surface area contributed by atoms with Crippen molar-refractivity contribution >= 4 is 5.91 Å². The van der Waals surface area contributed by atoms with Crippen LogP contribution in [0.15, 0.2) is 53.1 Å². The first-order valence-corrected chi connectivity index (χ1v) is 6.33. The predicted octanol–water partition coefficient (Wildman–Crippen LogP) is 2.63. The Morgan fingerprint density at radius 3 is 2.84 bits per heavy atom. The van der Waals surface area contributed by atoms with E-state index in [2.05, 4.69) is 5.48 Å². The zero-order valence-electron chi connectivity index (χ0n) is 10.4. The van der Waals surface area contributed by atoms with E-state index in [0.717, 1.165) is 17.7 Å². The van der Waals surface area contributed by atoms with Crippen molar-refractivity contribution in [2.45, 2.75) is 18.9 Å². The van der Waals surface area contributed by atoms with Gasteiger partial charge in [-0.05, 0) is 24.1 Å². The number of furan rings is 1. The highest BCUT2D eigenvalue weighted by molar-refractivity contribution is 5.81. The summed E-state index contributed by atoms with van der Waals surface area (Å²) in [6, 6.07) is 13.5. The van der Waals surface area contributed by atoms with Crippen LogP contribution >= 0.6 is 0 Å². The predicted molar refractivity (Wildman–Crippen MR) is 68.9 cm³/mol. The summed E-state index contributed by atoms with van der Waals surface area (Å²) in [5.41, 5.74) is 3.53. The molecule has 4 nitrogen and oxygen atoms in total. The first-order chi connectivity index (χ1) is 9.34. The van der Waals surface area contributed by atoms with E-state index in [4.69, 9.17) is 9.25 Å². The zero-order chi connectivity index (χ0) is 13.1. The average Bonchev–Trinajstić information content (AvgIpc) is 3.06. The molecule has 98 valence electrons. The van der Waals surface area contributed by atoms with Crippen LogP contribution < -0.4 is 5.48 Å². The Bertz CT molecular complexity index is 536. The van der Waals surface area contributed by atoms with Crippen LogP contribution in [0.2, 0.25) is 0 Å². The minimum Gasteiger partial charge on any atom is -0.469 e. The molecule has 1 aliphatic rings. The van der Waals surface area contributed by atoms with Crippen LogP contribution in [0, 0.1) is 5.92 Å². The quantitative estimate of drug-likeness (QED) is 0.838. The summed E-state index contributed by atoms with van der Waals surface area (Å²) in [5, 5.41) is 0. The monoisotopic (exact) mass is 257 g/mol. The second kappa shape index (κ2) is 5.28. The Kier molecular flexibility index (Phi) is 3.33. The second-order valence-corrected chi connectivity index (χ2v) is 4.70. The van der Waals surface area contributed by atoms with Crippen LogP contribution in [0.5, 0.6) is 0 Å². The molecule has 4 heteroatoms. The second-order valence-electron chi connectivity index (χ2n) is 4.70. The maximum Gasteiger partial charge on any atom is 0.247 e. The van der Waals surface area contributed by atoms with Crippen LogP contribution in [0.1, 0.15) is 23.7 Å². The van der Waals surface area contributed by atoms with Gasteiger partial charge in [-0.3, -0.25) is 9.63 Å². The van der Waals surface area contributed by atoms with E-state index >= 15 is 0 Å². The number of carbonyl (C=O) groups is 1. The van der Waals surface area contributed by atoms with E-state index in [1.165, 1.54) is 0 Å². The zero-order valence-corrected chi connectivity index (χ0v) is 10.4. The molecule has 1 aromatic carbocycles. The van der Waals surface area contributed by atoms with Crippen LogP contribution in [-0.2, 0) is 16.2 Å². The highest BCUT2D eigenvalue weighted by Gasteiger charge is 2.46. The Morgan fingerprint density at radius 2 is 2.11 bits per heavy atom. The summed E-state index contributed by atoms with van der Waals surface area (Å²) in [4.78, 5) is 17.0. The van der Waals surface area contributed by atoms with Crippen LogP contribution in [0.3, 0.4) is 0 Å². The lowest BCUT2D eigenvalue weighted by atomic mass is 10.2. The van der Waals surface area contributed by atoms with E-state index < -0.39 is 0 Å². The smallest absolute Gasteiger partial charge is 0.247 e. The third-order valence-electron chi connectivity index (χ3n) is 3.29. The topological polar surface area (TPSA) is 51.5 Å². The lowest BCUT2D eigenvalue weighted by Crippen LogP contribution is -2.25. The summed E-state index contributed by atoms with van der Waals surface area (Å²) in [7, 11) is 0. The molecule has 2 atom stereocenters. The molecular weight excluding hydrogens is 242 g/mol. The highest BCUT2D eigenvalue weighted by atomic mass is 16.6. The molecule has 0 radical (unpaired) electrons. The van der Waals surface area contributed by atoms with E-state index in [0.29, 0.717) is 6.61 Å². The summed E-state index contributed by atoms with van der Waals surface area (Å²) in [6.07, 6.45) is 2.46. The van der Waals surface area contributed by atoms with Gasteiger partial charge in [0.15, 0.2) is 0 Å². The van der Waals surface area contributed by atoms with Gasteiger partial charge in [0.1, 0.15) is 5.76 Å². The first-order valence-electron chi connectivity index (χ1n) is 6.33. The number of rotatable bonds is 5. The fourth-order valence-electron chi connectivity index (χ4n) is 2.14. The van der Waals surface area contributed by atoms with Gasteiger partial charge in [0.05, 0.1) is 18.8 Å². The van der Waals surface area contributed by atoms with Gasteiger partial charge in [0.2, 0.25) is 5.91 Å². The number of carbonyl (C=O) groups excluding carboxylic acids is 1. The average molecular weight is 257 g/mol.